The highest BCUT2D eigenvalue weighted by Gasteiger charge is 2.22. The Morgan fingerprint density at radius 3 is 0.889 bits per heavy atom. The Labute approximate surface area is 552 Å². The second-order valence-corrected chi connectivity index (χ2v) is 25.2. The first-order valence-corrected chi connectivity index (χ1v) is 36.6. The maximum absolute atomic E-state index is 12.9. The van der Waals surface area contributed by atoms with Crippen molar-refractivity contribution >= 4 is 19.8 Å². The van der Waals surface area contributed by atoms with Gasteiger partial charge in [0.1, 0.15) is 19.8 Å². The minimum absolute atomic E-state index is 0.0448. The van der Waals surface area contributed by atoms with Crippen molar-refractivity contribution in [3.8, 4) is 0 Å². The van der Waals surface area contributed by atoms with Crippen molar-refractivity contribution in [2.24, 2.45) is 0 Å². The van der Waals surface area contributed by atoms with Crippen LogP contribution in [0.1, 0.15) is 245 Å². The molecule has 0 saturated carbocycles. The number of esters is 2. The lowest BCUT2D eigenvalue weighted by Gasteiger charge is -2.28. The first kappa shape index (κ1) is 84.8. The quantitative estimate of drug-likeness (QED) is 0.0195. The van der Waals surface area contributed by atoms with Crippen LogP contribution in [0.4, 0.5) is 0 Å². The summed E-state index contributed by atoms with van der Waals surface area (Å²) in [5.74, 6) is -0.867. The number of ether oxygens (including phenoxy) is 2. The van der Waals surface area contributed by atoms with Crippen LogP contribution in [0.2, 0.25) is 0 Å². The van der Waals surface area contributed by atoms with E-state index in [1.165, 1.54) is 51.4 Å². The minimum atomic E-state index is -4.66. The molecule has 0 aromatic rings. The summed E-state index contributed by atoms with van der Waals surface area (Å²) in [5, 5.41) is 0. The van der Waals surface area contributed by atoms with Crippen LogP contribution >= 0.6 is 7.82 Å². The molecule has 0 bridgehead atoms. The van der Waals surface area contributed by atoms with Crippen molar-refractivity contribution < 1.29 is 42.1 Å². The zero-order chi connectivity index (χ0) is 65.5. The minimum Gasteiger partial charge on any atom is -0.756 e. The normalized spacial score (nSPS) is 14.3. The van der Waals surface area contributed by atoms with E-state index >= 15 is 0 Å². The molecule has 0 saturated heterocycles. The fraction of sp³-hybridized carbons (Fsp3) is 0.575. The second-order valence-electron chi connectivity index (χ2n) is 23.8. The summed E-state index contributed by atoms with van der Waals surface area (Å²) in [6.07, 6.45) is 106. The Kier molecular flexibility index (Phi) is 64.3. The lowest BCUT2D eigenvalue weighted by atomic mass is 10.1. The molecule has 0 aromatic heterocycles. The van der Waals surface area contributed by atoms with Gasteiger partial charge in [-0.25, -0.2) is 0 Å². The summed E-state index contributed by atoms with van der Waals surface area (Å²) in [7, 11) is 1.13. The predicted octanol–water partition coefficient (Wildman–Crippen LogP) is 22.6. The average Bonchev–Trinajstić information content (AvgIpc) is 3.58. The standard InChI is InChI=1S/C80H128NO8P/c1-6-8-10-12-14-16-18-20-22-24-26-28-30-32-34-36-37-38-39-40-41-42-43-45-47-49-51-53-55-57-59-61-63-65-67-69-71-73-80(83)89-78(77-88-90(84,85)87-75-74-81(3,4)5)76-86-79(82)72-70-68-66-64-62-60-58-56-54-52-50-48-46-44-35-33-31-29-27-25-23-21-19-17-15-13-11-9-7-2/h8-11,14-17,20-23,26-29,32-35,37-38,40-41,43,45-46,48-49,51-52,54,78H,6-7,12-13,18-19,24-25,30-31,36,39,42,44,47,50,53,55-77H2,1-5H3/b10-8-,11-9-,16-14-,17-15-,22-20-,23-21-,28-26-,29-27-,34-32-,35-33-,38-37-,41-40-,45-43-,48-46-,51-49-,54-52-. The van der Waals surface area contributed by atoms with Gasteiger partial charge in [-0.15, -0.1) is 0 Å². The highest BCUT2D eigenvalue weighted by molar-refractivity contribution is 7.45. The van der Waals surface area contributed by atoms with Gasteiger partial charge in [0.25, 0.3) is 7.82 Å². The largest absolute Gasteiger partial charge is 0.756 e. The molecule has 0 spiro atoms. The summed E-state index contributed by atoms with van der Waals surface area (Å²) < 4.78 is 34.3. The maximum atomic E-state index is 12.9. The third kappa shape index (κ3) is 71.9. The van der Waals surface area contributed by atoms with Crippen molar-refractivity contribution in [3.05, 3.63) is 194 Å². The van der Waals surface area contributed by atoms with Crippen molar-refractivity contribution in [2.75, 3.05) is 47.5 Å². The van der Waals surface area contributed by atoms with Gasteiger partial charge in [0.15, 0.2) is 6.10 Å². The van der Waals surface area contributed by atoms with E-state index in [0.29, 0.717) is 23.9 Å². The smallest absolute Gasteiger partial charge is 0.306 e. The predicted molar refractivity (Wildman–Crippen MR) is 387 cm³/mol. The number of quaternary nitrogens is 1. The third-order valence-electron chi connectivity index (χ3n) is 14.1. The third-order valence-corrected chi connectivity index (χ3v) is 15.1. The number of nitrogens with zero attached hydrogens (tertiary/aromatic N) is 1. The van der Waals surface area contributed by atoms with E-state index < -0.39 is 32.5 Å². The molecule has 0 aliphatic rings. The Morgan fingerprint density at radius 1 is 0.344 bits per heavy atom. The van der Waals surface area contributed by atoms with Gasteiger partial charge in [-0.2, -0.15) is 0 Å². The molecule has 0 amide bonds. The lowest BCUT2D eigenvalue weighted by molar-refractivity contribution is -0.870. The fourth-order valence-corrected chi connectivity index (χ4v) is 9.53. The van der Waals surface area contributed by atoms with Crippen molar-refractivity contribution in [1.29, 1.82) is 0 Å². The number of phosphoric acid groups is 1. The zero-order valence-corrected chi connectivity index (χ0v) is 58.4. The average molecular weight is 1260 g/mol. The molecule has 10 heteroatoms. The molecule has 0 fully saturated rings. The maximum Gasteiger partial charge on any atom is 0.306 e. The number of hydrogen-bond acceptors (Lipinski definition) is 8. The highest BCUT2D eigenvalue weighted by Crippen LogP contribution is 2.38. The van der Waals surface area contributed by atoms with Crippen LogP contribution in [0.5, 0.6) is 0 Å². The van der Waals surface area contributed by atoms with Gasteiger partial charge in [-0.05, 0) is 141 Å². The van der Waals surface area contributed by atoms with Crippen LogP contribution in [0.25, 0.3) is 0 Å². The van der Waals surface area contributed by atoms with Crippen LogP contribution in [-0.2, 0) is 32.7 Å². The van der Waals surface area contributed by atoms with Crippen molar-refractivity contribution in [1.82, 2.24) is 0 Å². The molecule has 0 aromatic carbocycles. The molecule has 0 N–H and O–H groups in total. The van der Waals surface area contributed by atoms with Gasteiger partial charge in [0.2, 0.25) is 0 Å². The van der Waals surface area contributed by atoms with Gasteiger partial charge >= 0.3 is 11.9 Å². The molecule has 0 radical (unpaired) electrons. The summed E-state index contributed by atoms with van der Waals surface area (Å²) in [6.45, 7) is 3.97. The van der Waals surface area contributed by atoms with Crippen LogP contribution in [0, 0.1) is 0 Å². The molecule has 2 unspecified atom stereocenters. The van der Waals surface area contributed by atoms with Gasteiger partial charge in [-0.3, -0.25) is 14.2 Å². The topological polar surface area (TPSA) is 111 Å². The monoisotopic (exact) mass is 1260 g/mol. The Bertz CT molecular complexity index is 2220. The van der Waals surface area contributed by atoms with Crippen LogP contribution in [-0.4, -0.2) is 70.0 Å². The first-order valence-electron chi connectivity index (χ1n) is 35.1. The summed E-state index contributed by atoms with van der Waals surface area (Å²) >= 11 is 0. The number of carbonyl (C=O) groups is 2. The lowest BCUT2D eigenvalue weighted by Crippen LogP contribution is -2.37. The number of allylic oxidation sites excluding steroid dienone is 32. The number of unbranched alkanes of at least 4 members (excludes halogenated alkanes) is 16. The number of phosphoric ester groups is 1. The van der Waals surface area contributed by atoms with E-state index in [9.17, 15) is 19.0 Å². The van der Waals surface area contributed by atoms with Crippen LogP contribution in [0.3, 0.4) is 0 Å². The van der Waals surface area contributed by atoms with E-state index in [4.69, 9.17) is 18.5 Å². The molecule has 9 nitrogen and oxygen atoms in total. The fourth-order valence-electron chi connectivity index (χ4n) is 8.80. The number of carbonyl (C=O) groups excluding carboxylic acids is 2. The van der Waals surface area contributed by atoms with Crippen LogP contribution < -0.4 is 4.89 Å². The molecular weight excluding hydrogens is 1130 g/mol. The van der Waals surface area contributed by atoms with Crippen LogP contribution in [0.15, 0.2) is 194 Å². The SMILES string of the molecule is CC/C=C\C/C=C\C/C=C\C/C=C\C/C=C\C/C=C\C/C=C\C/C=C\C/C=C\CCCCCCCCCCCC(=O)OC(COC(=O)CCCCCCCCC/C=C\C/C=C\C/C=C\C/C=C\C/C=C\C/C=C\C/C=C\CC)COP(=O)([O-])OCC[N+](C)(C)C. The molecule has 0 aliphatic heterocycles. The molecule has 0 rings (SSSR count). The van der Waals surface area contributed by atoms with Crippen molar-refractivity contribution in [2.45, 2.75) is 251 Å². The number of hydrogen-bond donors (Lipinski definition) is 0. The Balaban J connectivity index is 4.18. The molecular formula is C80H128NO8P. The number of rotatable bonds is 62. The van der Waals surface area contributed by atoms with E-state index in [1.54, 1.807) is 0 Å². The van der Waals surface area contributed by atoms with E-state index in [0.717, 1.165) is 154 Å². The molecule has 0 aliphatic carbocycles. The summed E-state index contributed by atoms with van der Waals surface area (Å²) in [4.78, 5) is 38.1. The van der Waals surface area contributed by atoms with Gasteiger partial charge in [0, 0.05) is 12.8 Å². The van der Waals surface area contributed by atoms with E-state index in [-0.39, 0.29) is 26.1 Å². The first-order chi connectivity index (χ1) is 44.0. The van der Waals surface area contributed by atoms with E-state index in [1.807, 2.05) is 21.1 Å². The summed E-state index contributed by atoms with van der Waals surface area (Å²) in [6, 6.07) is 0. The second kappa shape index (κ2) is 68.2. The molecule has 90 heavy (non-hydrogen) atoms. The molecule has 2 atom stereocenters. The van der Waals surface area contributed by atoms with Gasteiger partial charge in [0.05, 0.1) is 27.7 Å². The van der Waals surface area contributed by atoms with Crippen molar-refractivity contribution in [3.63, 3.8) is 0 Å². The molecule has 0 heterocycles. The van der Waals surface area contributed by atoms with E-state index in [2.05, 4.69) is 208 Å². The van der Waals surface area contributed by atoms with Gasteiger partial charge in [-0.1, -0.05) is 285 Å². The Morgan fingerprint density at radius 2 is 0.600 bits per heavy atom. The molecule has 506 valence electrons. The number of likely N-dealkylation sites (N-methyl/N-ethyl adjacent to an activating group) is 1. The summed E-state index contributed by atoms with van der Waals surface area (Å²) in [5.41, 5.74) is 0. The zero-order valence-electron chi connectivity index (χ0n) is 57.5. The van der Waals surface area contributed by atoms with Gasteiger partial charge < -0.3 is 27.9 Å². The highest BCUT2D eigenvalue weighted by atomic mass is 31.2. The Hall–Kier alpha value is -5.15.